The Morgan fingerprint density at radius 1 is 1.35 bits per heavy atom. The Balaban J connectivity index is 2.06. The fourth-order valence-corrected chi connectivity index (χ4v) is 2.44. The number of nitrogens with zero attached hydrogens (tertiary/aromatic N) is 2. The second-order valence-electron chi connectivity index (χ2n) is 4.74. The van der Waals surface area contributed by atoms with Crippen molar-refractivity contribution in [2.45, 2.75) is 18.8 Å². The SMILES string of the molecule is FC(F)(F)Cn1c(C2COCCN2)nc2ccccc21. The smallest absolute Gasteiger partial charge is 0.378 e. The number of aromatic nitrogens is 2. The first-order valence-electron chi connectivity index (χ1n) is 6.38. The van der Waals surface area contributed by atoms with Crippen LogP contribution >= 0.6 is 0 Å². The van der Waals surface area contributed by atoms with Gasteiger partial charge >= 0.3 is 6.18 Å². The van der Waals surface area contributed by atoms with Crippen molar-refractivity contribution in [2.24, 2.45) is 0 Å². The lowest BCUT2D eigenvalue weighted by Gasteiger charge is -2.24. The fraction of sp³-hybridized carbons (Fsp3) is 0.462. The van der Waals surface area contributed by atoms with Gasteiger partial charge in [-0.05, 0) is 12.1 Å². The Labute approximate surface area is 113 Å². The van der Waals surface area contributed by atoms with Crippen molar-refractivity contribution in [2.75, 3.05) is 19.8 Å². The molecule has 0 saturated carbocycles. The van der Waals surface area contributed by atoms with E-state index in [1.165, 1.54) is 4.57 Å². The Kier molecular flexibility index (Phi) is 3.39. The first kappa shape index (κ1) is 13.4. The van der Waals surface area contributed by atoms with Crippen LogP contribution in [-0.2, 0) is 11.3 Å². The first-order valence-corrected chi connectivity index (χ1v) is 6.38. The van der Waals surface area contributed by atoms with Gasteiger partial charge < -0.3 is 14.6 Å². The van der Waals surface area contributed by atoms with Crippen LogP contribution in [0.5, 0.6) is 0 Å². The second-order valence-corrected chi connectivity index (χ2v) is 4.74. The number of hydrogen-bond acceptors (Lipinski definition) is 3. The van der Waals surface area contributed by atoms with Gasteiger partial charge in [0.05, 0.1) is 30.3 Å². The lowest BCUT2D eigenvalue weighted by Crippen LogP contribution is -2.37. The third-order valence-corrected chi connectivity index (χ3v) is 3.25. The van der Waals surface area contributed by atoms with E-state index in [9.17, 15) is 13.2 Å². The highest BCUT2D eigenvalue weighted by Crippen LogP contribution is 2.27. The quantitative estimate of drug-likeness (QED) is 0.920. The summed E-state index contributed by atoms with van der Waals surface area (Å²) < 4.78 is 44.9. The zero-order chi connectivity index (χ0) is 14.2. The molecule has 2 aromatic rings. The van der Waals surface area contributed by atoms with Crippen molar-refractivity contribution in [3.63, 3.8) is 0 Å². The average Bonchev–Trinajstić information content (AvgIpc) is 2.77. The topological polar surface area (TPSA) is 39.1 Å². The molecule has 1 aliphatic heterocycles. The monoisotopic (exact) mass is 285 g/mol. The molecule has 0 bridgehead atoms. The van der Waals surface area contributed by atoms with Crippen molar-refractivity contribution in [3.8, 4) is 0 Å². The van der Waals surface area contributed by atoms with E-state index in [0.29, 0.717) is 36.6 Å². The molecule has 0 radical (unpaired) electrons. The number of hydrogen-bond donors (Lipinski definition) is 1. The number of para-hydroxylation sites is 2. The van der Waals surface area contributed by atoms with E-state index >= 15 is 0 Å². The predicted molar refractivity (Wildman–Crippen MR) is 67.4 cm³/mol. The van der Waals surface area contributed by atoms with E-state index in [0.717, 1.165) is 0 Å². The number of halogens is 3. The average molecular weight is 285 g/mol. The molecule has 0 amide bonds. The highest BCUT2D eigenvalue weighted by atomic mass is 19.4. The summed E-state index contributed by atoms with van der Waals surface area (Å²) in [5.74, 6) is 0.378. The molecule has 1 fully saturated rings. The molecule has 1 aliphatic rings. The highest BCUT2D eigenvalue weighted by molar-refractivity contribution is 5.76. The Morgan fingerprint density at radius 2 is 2.15 bits per heavy atom. The number of imidazole rings is 1. The number of nitrogens with one attached hydrogen (secondary N) is 1. The van der Waals surface area contributed by atoms with Crippen LogP contribution in [0.3, 0.4) is 0 Å². The Bertz CT molecular complexity index is 602. The molecule has 1 N–H and O–H groups in total. The summed E-state index contributed by atoms with van der Waals surface area (Å²) in [6.45, 7) is 0.470. The summed E-state index contributed by atoms with van der Waals surface area (Å²) in [4.78, 5) is 4.34. The molecule has 4 nitrogen and oxygen atoms in total. The predicted octanol–water partition coefficient (Wildman–Crippen LogP) is 2.26. The molecule has 20 heavy (non-hydrogen) atoms. The van der Waals surface area contributed by atoms with Crippen molar-refractivity contribution in [1.29, 1.82) is 0 Å². The minimum Gasteiger partial charge on any atom is -0.378 e. The van der Waals surface area contributed by atoms with Gasteiger partial charge in [0.2, 0.25) is 0 Å². The molecule has 7 heteroatoms. The molecule has 1 atom stereocenters. The maximum atomic E-state index is 12.8. The van der Waals surface area contributed by atoms with Crippen molar-refractivity contribution < 1.29 is 17.9 Å². The molecule has 0 aliphatic carbocycles. The largest absolute Gasteiger partial charge is 0.406 e. The van der Waals surface area contributed by atoms with Gasteiger partial charge in [0.25, 0.3) is 0 Å². The van der Waals surface area contributed by atoms with Gasteiger partial charge in [0.1, 0.15) is 12.4 Å². The van der Waals surface area contributed by atoms with E-state index < -0.39 is 12.7 Å². The van der Waals surface area contributed by atoms with E-state index in [-0.39, 0.29) is 6.04 Å². The molecule has 0 spiro atoms. The number of benzene rings is 1. The van der Waals surface area contributed by atoms with E-state index in [4.69, 9.17) is 4.74 Å². The van der Waals surface area contributed by atoms with Crippen LogP contribution < -0.4 is 5.32 Å². The number of rotatable bonds is 2. The lowest BCUT2D eigenvalue weighted by atomic mass is 10.2. The molecule has 1 unspecified atom stereocenters. The van der Waals surface area contributed by atoms with Crippen LogP contribution in [0.2, 0.25) is 0 Å². The maximum absolute atomic E-state index is 12.8. The minimum atomic E-state index is -4.28. The third kappa shape index (κ3) is 2.64. The van der Waals surface area contributed by atoms with Gasteiger partial charge in [0.15, 0.2) is 0 Å². The molecular formula is C13H14F3N3O. The van der Waals surface area contributed by atoms with Crippen LogP contribution in [-0.4, -0.2) is 35.5 Å². The van der Waals surface area contributed by atoms with Gasteiger partial charge in [-0.1, -0.05) is 12.1 Å². The van der Waals surface area contributed by atoms with Crippen molar-refractivity contribution >= 4 is 11.0 Å². The molecule has 1 saturated heterocycles. The normalized spacial score (nSPS) is 20.4. The van der Waals surface area contributed by atoms with Crippen LogP contribution in [0, 0.1) is 0 Å². The maximum Gasteiger partial charge on any atom is 0.406 e. The third-order valence-electron chi connectivity index (χ3n) is 3.25. The summed E-state index contributed by atoms with van der Waals surface area (Å²) in [6, 6.07) is 6.54. The van der Waals surface area contributed by atoms with Crippen LogP contribution in [0.15, 0.2) is 24.3 Å². The van der Waals surface area contributed by atoms with E-state index in [2.05, 4.69) is 10.3 Å². The number of ether oxygens (including phenoxy) is 1. The summed E-state index contributed by atoms with van der Waals surface area (Å²) in [5.41, 5.74) is 1.06. The molecule has 1 aromatic carbocycles. The zero-order valence-corrected chi connectivity index (χ0v) is 10.7. The number of alkyl halides is 3. The molecule has 108 valence electrons. The minimum absolute atomic E-state index is 0.307. The Hall–Kier alpha value is -1.60. The standard InChI is InChI=1S/C13H14F3N3O/c14-13(15,16)8-19-11-4-2-1-3-9(11)18-12(19)10-7-20-6-5-17-10/h1-4,10,17H,5-8H2. The molecule has 1 aromatic heterocycles. The summed E-state index contributed by atoms with van der Waals surface area (Å²) in [6.07, 6.45) is -4.28. The van der Waals surface area contributed by atoms with Gasteiger partial charge in [-0.2, -0.15) is 13.2 Å². The molecule has 2 heterocycles. The van der Waals surface area contributed by atoms with Crippen LogP contribution in [0.1, 0.15) is 11.9 Å². The van der Waals surface area contributed by atoms with Gasteiger partial charge in [0, 0.05) is 6.54 Å². The number of morpholine rings is 1. The highest BCUT2D eigenvalue weighted by Gasteiger charge is 2.32. The molecular weight excluding hydrogens is 271 g/mol. The van der Waals surface area contributed by atoms with Crippen LogP contribution in [0.4, 0.5) is 13.2 Å². The van der Waals surface area contributed by atoms with Crippen molar-refractivity contribution in [3.05, 3.63) is 30.1 Å². The summed E-state index contributed by atoms with van der Waals surface area (Å²) in [7, 11) is 0. The summed E-state index contributed by atoms with van der Waals surface area (Å²) >= 11 is 0. The lowest BCUT2D eigenvalue weighted by molar-refractivity contribution is -0.140. The van der Waals surface area contributed by atoms with E-state index in [1.807, 2.05) is 0 Å². The van der Waals surface area contributed by atoms with E-state index in [1.54, 1.807) is 24.3 Å². The fourth-order valence-electron chi connectivity index (χ4n) is 2.44. The van der Waals surface area contributed by atoms with Crippen LogP contribution in [0.25, 0.3) is 11.0 Å². The summed E-state index contributed by atoms with van der Waals surface area (Å²) in [5, 5.41) is 3.15. The molecule has 3 rings (SSSR count). The van der Waals surface area contributed by atoms with Gasteiger partial charge in [-0.3, -0.25) is 0 Å². The number of fused-ring (bicyclic) bond motifs is 1. The second kappa shape index (κ2) is 5.06. The van der Waals surface area contributed by atoms with Gasteiger partial charge in [-0.25, -0.2) is 4.98 Å². The zero-order valence-electron chi connectivity index (χ0n) is 10.7. The Morgan fingerprint density at radius 3 is 2.85 bits per heavy atom. The van der Waals surface area contributed by atoms with Gasteiger partial charge in [-0.15, -0.1) is 0 Å². The van der Waals surface area contributed by atoms with Crippen molar-refractivity contribution in [1.82, 2.24) is 14.9 Å². The first-order chi connectivity index (χ1) is 9.54.